The van der Waals surface area contributed by atoms with E-state index >= 15 is 0 Å². The summed E-state index contributed by atoms with van der Waals surface area (Å²) in [6.45, 7) is 4.26. The maximum Gasteiger partial charge on any atom is 0.242 e. The van der Waals surface area contributed by atoms with Gasteiger partial charge < -0.3 is 10.2 Å². The van der Waals surface area contributed by atoms with Crippen molar-refractivity contribution in [3.05, 3.63) is 34.3 Å². The summed E-state index contributed by atoms with van der Waals surface area (Å²) in [4.78, 5) is 29.7. The molecule has 2 bridgehead atoms. The van der Waals surface area contributed by atoms with E-state index in [-0.39, 0.29) is 23.8 Å². The Morgan fingerprint density at radius 2 is 1.84 bits per heavy atom. The fraction of sp³-hybridized carbons (Fsp3) is 0.680. The van der Waals surface area contributed by atoms with E-state index < -0.39 is 0 Å². The van der Waals surface area contributed by atoms with Gasteiger partial charge in [0.25, 0.3) is 0 Å². The summed E-state index contributed by atoms with van der Waals surface area (Å²) >= 11 is 3.62. The van der Waals surface area contributed by atoms with Crippen LogP contribution in [0.5, 0.6) is 0 Å². The molecule has 166 valence electrons. The average molecular weight is 486 g/mol. The minimum absolute atomic E-state index is 0.0607. The van der Waals surface area contributed by atoms with Crippen LogP contribution < -0.4 is 5.32 Å². The molecule has 1 aliphatic heterocycles. The zero-order valence-electron chi connectivity index (χ0n) is 18.1. The van der Waals surface area contributed by atoms with Crippen LogP contribution in [0.25, 0.3) is 0 Å². The molecule has 31 heavy (non-hydrogen) atoms. The topological polar surface area (TPSA) is 52.7 Å². The van der Waals surface area contributed by atoms with Gasteiger partial charge in [-0.25, -0.2) is 0 Å². The third-order valence-corrected chi connectivity index (χ3v) is 10.4. The van der Waals surface area contributed by atoms with Crippen molar-refractivity contribution in [3.8, 4) is 0 Å². The summed E-state index contributed by atoms with van der Waals surface area (Å²) in [6, 6.07) is 8.31. The first kappa shape index (κ1) is 20.2. The van der Waals surface area contributed by atoms with Gasteiger partial charge in [0.15, 0.2) is 0 Å². The van der Waals surface area contributed by atoms with Gasteiger partial charge in [-0.1, -0.05) is 34.1 Å². The monoisotopic (exact) mass is 485 g/mol. The van der Waals surface area contributed by atoms with Gasteiger partial charge in [0, 0.05) is 43.6 Å². The van der Waals surface area contributed by atoms with Crippen LogP contribution in [0.15, 0.2) is 28.7 Å². The fourth-order valence-electron chi connectivity index (χ4n) is 8.39. The molecule has 6 heteroatoms. The number of carbonyl (C=O) groups excluding carboxylic acids is 2. The van der Waals surface area contributed by atoms with Crippen molar-refractivity contribution in [1.82, 2.24) is 15.1 Å². The lowest BCUT2D eigenvalue weighted by Gasteiger charge is -2.73. The van der Waals surface area contributed by atoms with Crippen molar-refractivity contribution in [2.24, 2.45) is 28.6 Å². The SMILES string of the molecule is O=C(CC12CC3CC4CC(C1)C42C3)NCC(=O)N1CCN(Cc2ccccc2Br)CC1. The quantitative estimate of drug-likeness (QED) is 0.671. The van der Waals surface area contributed by atoms with Gasteiger partial charge in [0.2, 0.25) is 11.8 Å². The van der Waals surface area contributed by atoms with Crippen molar-refractivity contribution in [2.45, 2.75) is 45.1 Å². The number of halogens is 1. The van der Waals surface area contributed by atoms with Crippen molar-refractivity contribution in [1.29, 1.82) is 0 Å². The molecule has 0 aromatic heterocycles. The maximum absolute atomic E-state index is 12.8. The molecule has 4 aliphatic carbocycles. The second-order valence-corrected chi connectivity index (χ2v) is 11.7. The van der Waals surface area contributed by atoms with Crippen molar-refractivity contribution < 1.29 is 9.59 Å². The Labute approximate surface area is 193 Å². The molecular weight excluding hydrogens is 454 g/mol. The van der Waals surface area contributed by atoms with Crippen LogP contribution in [-0.2, 0) is 16.1 Å². The van der Waals surface area contributed by atoms with Gasteiger partial charge >= 0.3 is 0 Å². The predicted molar refractivity (Wildman–Crippen MR) is 122 cm³/mol. The number of nitrogens with one attached hydrogen (secondary N) is 1. The van der Waals surface area contributed by atoms with Crippen LogP contribution in [0, 0.1) is 28.6 Å². The largest absolute Gasteiger partial charge is 0.347 e. The Morgan fingerprint density at radius 3 is 2.58 bits per heavy atom. The normalized spacial score (nSPS) is 37.7. The van der Waals surface area contributed by atoms with E-state index in [1.807, 2.05) is 11.0 Å². The number of rotatable bonds is 6. The van der Waals surface area contributed by atoms with Crippen LogP contribution >= 0.6 is 15.9 Å². The summed E-state index contributed by atoms with van der Waals surface area (Å²) < 4.78 is 1.14. The van der Waals surface area contributed by atoms with Gasteiger partial charge in [-0.15, -0.1) is 0 Å². The van der Waals surface area contributed by atoms with Gasteiger partial charge in [-0.2, -0.15) is 0 Å². The van der Waals surface area contributed by atoms with E-state index in [4.69, 9.17) is 0 Å². The summed E-state index contributed by atoms with van der Waals surface area (Å²) in [7, 11) is 0. The van der Waals surface area contributed by atoms with Crippen LogP contribution in [0.2, 0.25) is 0 Å². The molecule has 1 heterocycles. The highest BCUT2D eigenvalue weighted by Gasteiger charge is 2.80. The zero-order valence-corrected chi connectivity index (χ0v) is 19.7. The third kappa shape index (κ3) is 3.04. The highest BCUT2D eigenvalue weighted by atomic mass is 79.9. The number of fused-ring (bicyclic) bond motifs is 1. The first-order valence-corrected chi connectivity index (χ1v) is 12.8. The number of carbonyl (C=O) groups is 2. The standard InChI is InChI=1S/C25H32BrN3O2/c26-21-4-2-1-3-18(21)16-28-5-7-29(8-6-28)23(31)15-27-22(30)14-24-11-17-9-19-10-20(13-24)25(19,24)12-17/h1-4,17,19-20H,5-16H2,(H,27,30). The highest BCUT2D eigenvalue weighted by molar-refractivity contribution is 9.10. The lowest BCUT2D eigenvalue weighted by atomic mass is 9.31. The van der Waals surface area contributed by atoms with E-state index in [0.29, 0.717) is 11.8 Å². The zero-order chi connectivity index (χ0) is 21.2. The summed E-state index contributed by atoms with van der Waals surface area (Å²) in [5, 5.41) is 2.98. The molecule has 5 unspecified atom stereocenters. The molecule has 1 spiro atoms. The fourth-order valence-corrected chi connectivity index (χ4v) is 8.80. The Bertz CT molecular complexity index is 914. The smallest absolute Gasteiger partial charge is 0.242 e. The Morgan fingerprint density at radius 1 is 1.03 bits per heavy atom. The molecule has 1 saturated heterocycles. The second kappa shape index (κ2) is 7.31. The van der Waals surface area contributed by atoms with Crippen LogP contribution in [0.4, 0.5) is 0 Å². The lowest BCUT2D eigenvalue weighted by Crippen LogP contribution is -2.67. The van der Waals surface area contributed by atoms with Gasteiger partial charge in [0.05, 0.1) is 6.54 Å². The number of nitrogens with zero attached hydrogens (tertiary/aromatic N) is 2. The van der Waals surface area contributed by atoms with Gasteiger partial charge in [-0.3, -0.25) is 14.5 Å². The van der Waals surface area contributed by atoms with Crippen LogP contribution in [0.1, 0.15) is 44.1 Å². The van der Waals surface area contributed by atoms with Crippen molar-refractivity contribution in [2.75, 3.05) is 32.7 Å². The third-order valence-electron chi connectivity index (χ3n) is 9.59. The van der Waals surface area contributed by atoms with Gasteiger partial charge in [0.1, 0.15) is 0 Å². The molecule has 5 fully saturated rings. The Kier molecular flexibility index (Phi) is 4.77. The minimum Gasteiger partial charge on any atom is -0.347 e. The molecule has 5 aliphatic rings. The summed E-state index contributed by atoms with van der Waals surface area (Å²) in [6.07, 6.45) is 7.42. The number of hydrogen-bond donors (Lipinski definition) is 1. The molecule has 5 nitrogen and oxygen atoms in total. The van der Waals surface area contributed by atoms with E-state index in [1.54, 1.807) is 0 Å². The average Bonchev–Trinajstić information content (AvgIpc) is 3.23. The van der Waals surface area contributed by atoms with E-state index in [2.05, 4.69) is 44.3 Å². The van der Waals surface area contributed by atoms with E-state index in [0.717, 1.165) is 55.0 Å². The molecule has 4 saturated carbocycles. The number of benzene rings is 1. The molecule has 1 aromatic carbocycles. The number of piperazine rings is 1. The summed E-state index contributed by atoms with van der Waals surface area (Å²) in [5.41, 5.74) is 2.10. The van der Waals surface area contributed by atoms with E-state index in [9.17, 15) is 9.59 Å². The van der Waals surface area contributed by atoms with Crippen molar-refractivity contribution >= 4 is 27.7 Å². The molecule has 1 N–H and O–H groups in total. The lowest BCUT2D eigenvalue weighted by molar-refractivity contribution is -0.245. The maximum atomic E-state index is 12.8. The first-order chi connectivity index (χ1) is 15.0. The Hall–Kier alpha value is -1.40. The predicted octanol–water partition coefficient (Wildman–Crippen LogP) is 3.43. The molecule has 2 amide bonds. The highest BCUT2D eigenvalue weighted by Crippen LogP contribution is 2.87. The molecular formula is C25H32BrN3O2. The van der Waals surface area contributed by atoms with E-state index in [1.165, 1.54) is 37.7 Å². The van der Waals surface area contributed by atoms with Crippen LogP contribution in [-0.4, -0.2) is 54.3 Å². The molecule has 6 rings (SSSR count). The Balaban J connectivity index is 0.962. The van der Waals surface area contributed by atoms with Crippen molar-refractivity contribution in [3.63, 3.8) is 0 Å². The van der Waals surface area contributed by atoms with Gasteiger partial charge in [-0.05, 0) is 72.3 Å². The molecule has 5 atom stereocenters. The molecule has 0 radical (unpaired) electrons. The first-order valence-electron chi connectivity index (χ1n) is 12.0. The second-order valence-electron chi connectivity index (χ2n) is 10.9. The number of hydrogen-bond acceptors (Lipinski definition) is 3. The van der Waals surface area contributed by atoms with Crippen LogP contribution in [0.3, 0.4) is 0 Å². The number of amides is 2. The molecule has 1 aromatic rings. The minimum atomic E-state index is 0.0607. The summed E-state index contributed by atoms with van der Waals surface area (Å²) in [5.74, 6) is 2.86.